The number of nitrogens with zero attached hydrogens (tertiary/aromatic N) is 1. The van der Waals surface area contributed by atoms with Gasteiger partial charge in [0.25, 0.3) is 10.0 Å². The second kappa shape index (κ2) is 5.90. The molecule has 0 bridgehead atoms. The second-order valence-electron chi connectivity index (χ2n) is 4.83. The van der Waals surface area contributed by atoms with E-state index >= 15 is 0 Å². The molecule has 23 heavy (non-hydrogen) atoms. The van der Waals surface area contributed by atoms with Gasteiger partial charge in [0.15, 0.2) is 0 Å². The lowest BCUT2D eigenvalue weighted by Gasteiger charge is -2.30. The summed E-state index contributed by atoms with van der Waals surface area (Å²) in [5.74, 6) is 0.155. The largest absolute Gasteiger partial charge is 0.495 e. The Bertz CT molecular complexity index is 857. The summed E-state index contributed by atoms with van der Waals surface area (Å²) < 4.78 is 50.7. The third-order valence-corrected chi connectivity index (χ3v) is 5.56. The fourth-order valence-electron chi connectivity index (χ4n) is 2.35. The van der Waals surface area contributed by atoms with E-state index < -0.39 is 15.8 Å². The molecule has 0 spiro atoms. The van der Waals surface area contributed by atoms with Crippen LogP contribution in [0.5, 0.6) is 11.5 Å². The Morgan fingerprint density at radius 1 is 1.26 bits per heavy atom. The van der Waals surface area contributed by atoms with E-state index in [9.17, 15) is 12.8 Å². The molecule has 2 aromatic carbocycles. The zero-order valence-corrected chi connectivity index (χ0v) is 13.7. The zero-order valence-electron chi connectivity index (χ0n) is 12.1. The average molecular weight is 358 g/mol. The molecule has 1 heterocycles. The lowest BCUT2D eigenvalue weighted by Crippen LogP contribution is -2.38. The van der Waals surface area contributed by atoms with Crippen molar-refractivity contribution in [3.8, 4) is 11.5 Å². The molecule has 8 heteroatoms. The predicted octanol–water partition coefficient (Wildman–Crippen LogP) is 3.08. The first-order valence-electron chi connectivity index (χ1n) is 6.72. The smallest absolute Gasteiger partial charge is 0.264 e. The Hall–Kier alpha value is -1.99. The van der Waals surface area contributed by atoms with Crippen LogP contribution < -0.4 is 13.8 Å². The number of methoxy groups -OCH3 is 1. The van der Waals surface area contributed by atoms with Crippen LogP contribution in [0.3, 0.4) is 0 Å². The number of sulfonamides is 1. The van der Waals surface area contributed by atoms with Gasteiger partial charge < -0.3 is 9.47 Å². The maximum Gasteiger partial charge on any atom is 0.264 e. The van der Waals surface area contributed by atoms with Crippen LogP contribution in [0.2, 0.25) is 5.02 Å². The van der Waals surface area contributed by atoms with E-state index in [2.05, 4.69) is 0 Å². The number of fused-ring (bicyclic) bond motifs is 1. The lowest BCUT2D eigenvalue weighted by atomic mass is 10.2. The van der Waals surface area contributed by atoms with Crippen molar-refractivity contribution in [3.63, 3.8) is 0 Å². The van der Waals surface area contributed by atoms with E-state index in [4.69, 9.17) is 21.1 Å². The molecule has 0 saturated heterocycles. The highest BCUT2D eigenvalue weighted by molar-refractivity contribution is 7.92. The molecule has 5 nitrogen and oxygen atoms in total. The van der Waals surface area contributed by atoms with Gasteiger partial charge in [-0.05, 0) is 30.3 Å². The van der Waals surface area contributed by atoms with Gasteiger partial charge in [0.2, 0.25) is 0 Å². The van der Waals surface area contributed by atoms with Crippen LogP contribution in [-0.2, 0) is 10.0 Å². The Kier molecular flexibility index (Phi) is 4.08. The molecule has 0 saturated carbocycles. The van der Waals surface area contributed by atoms with Gasteiger partial charge in [-0.1, -0.05) is 11.6 Å². The molecular formula is C15H13ClFNO4S. The highest BCUT2D eigenvalue weighted by Crippen LogP contribution is 2.37. The van der Waals surface area contributed by atoms with Crippen molar-refractivity contribution < 1.29 is 22.3 Å². The van der Waals surface area contributed by atoms with E-state index in [0.29, 0.717) is 11.5 Å². The van der Waals surface area contributed by atoms with E-state index in [-0.39, 0.29) is 28.8 Å². The third-order valence-electron chi connectivity index (χ3n) is 3.45. The van der Waals surface area contributed by atoms with Crippen molar-refractivity contribution >= 4 is 27.3 Å². The molecule has 0 N–H and O–H groups in total. The van der Waals surface area contributed by atoms with Crippen molar-refractivity contribution in [2.75, 3.05) is 24.6 Å². The van der Waals surface area contributed by atoms with Crippen molar-refractivity contribution in [1.82, 2.24) is 0 Å². The highest BCUT2D eigenvalue weighted by atomic mass is 35.5. The van der Waals surface area contributed by atoms with Crippen LogP contribution in [0.25, 0.3) is 0 Å². The van der Waals surface area contributed by atoms with Gasteiger partial charge in [-0.3, -0.25) is 4.31 Å². The van der Waals surface area contributed by atoms with Gasteiger partial charge in [0.05, 0.1) is 29.3 Å². The molecular weight excluding hydrogens is 345 g/mol. The second-order valence-corrected chi connectivity index (χ2v) is 7.10. The standard InChI is InChI=1S/C15H13ClFNO4S/c1-21-14-5-3-11(9-12(14)16)23(19,20)18-6-7-22-15-4-2-10(17)8-13(15)18/h2-5,8-9H,6-7H2,1H3. The molecule has 2 aromatic rings. The molecule has 0 aliphatic carbocycles. The first kappa shape index (κ1) is 15.9. The summed E-state index contributed by atoms with van der Waals surface area (Å²) in [4.78, 5) is 0.000381. The first-order valence-corrected chi connectivity index (χ1v) is 8.54. The molecule has 1 aliphatic rings. The zero-order chi connectivity index (χ0) is 16.6. The number of rotatable bonds is 3. The van der Waals surface area contributed by atoms with Crippen LogP contribution in [-0.4, -0.2) is 28.7 Å². The topological polar surface area (TPSA) is 55.8 Å². The minimum Gasteiger partial charge on any atom is -0.495 e. The van der Waals surface area contributed by atoms with Crippen LogP contribution in [0.15, 0.2) is 41.3 Å². The fraction of sp³-hybridized carbons (Fsp3) is 0.200. The van der Waals surface area contributed by atoms with Crippen molar-refractivity contribution in [2.45, 2.75) is 4.90 Å². The Balaban J connectivity index is 2.08. The van der Waals surface area contributed by atoms with E-state index in [1.807, 2.05) is 0 Å². The molecule has 0 radical (unpaired) electrons. The number of benzene rings is 2. The van der Waals surface area contributed by atoms with Crippen LogP contribution in [0.1, 0.15) is 0 Å². The fourth-order valence-corrected chi connectivity index (χ4v) is 4.15. The predicted molar refractivity (Wildman–Crippen MR) is 84.4 cm³/mol. The number of hydrogen-bond donors (Lipinski definition) is 0. The molecule has 0 amide bonds. The first-order chi connectivity index (χ1) is 10.9. The van der Waals surface area contributed by atoms with Gasteiger partial charge in [-0.25, -0.2) is 12.8 Å². The number of halogens is 2. The quantitative estimate of drug-likeness (QED) is 0.847. The average Bonchev–Trinajstić information content (AvgIpc) is 2.54. The molecule has 0 unspecified atom stereocenters. The van der Waals surface area contributed by atoms with Gasteiger partial charge in [0.1, 0.15) is 23.9 Å². The number of hydrogen-bond acceptors (Lipinski definition) is 4. The Labute approximate surface area is 138 Å². The molecule has 122 valence electrons. The SMILES string of the molecule is COc1ccc(S(=O)(=O)N2CCOc3ccc(F)cc32)cc1Cl. The minimum absolute atomic E-state index is 0.000381. The summed E-state index contributed by atoms with van der Waals surface area (Å²) in [6.07, 6.45) is 0. The van der Waals surface area contributed by atoms with Crippen molar-refractivity contribution in [3.05, 3.63) is 47.2 Å². The summed E-state index contributed by atoms with van der Waals surface area (Å²) >= 11 is 6.01. The van der Waals surface area contributed by atoms with Crippen LogP contribution in [0, 0.1) is 5.82 Å². The van der Waals surface area contributed by atoms with E-state index in [0.717, 1.165) is 10.4 Å². The molecule has 0 aromatic heterocycles. The number of ether oxygens (including phenoxy) is 2. The summed E-state index contributed by atoms with van der Waals surface area (Å²) in [5.41, 5.74) is 0.170. The van der Waals surface area contributed by atoms with Crippen LogP contribution >= 0.6 is 11.6 Å². The minimum atomic E-state index is -3.89. The van der Waals surface area contributed by atoms with Gasteiger partial charge in [0, 0.05) is 6.07 Å². The van der Waals surface area contributed by atoms with E-state index in [1.54, 1.807) is 0 Å². The van der Waals surface area contributed by atoms with Gasteiger partial charge in [-0.2, -0.15) is 0 Å². The summed E-state index contributed by atoms with van der Waals surface area (Å²) in [6.45, 7) is 0.268. The molecule has 0 atom stereocenters. The molecule has 1 aliphatic heterocycles. The van der Waals surface area contributed by atoms with Crippen molar-refractivity contribution in [2.24, 2.45) is 0 Å². The summed E-state index contributed by atoms with van der Waals surface area (Å²) in [5, 5.41) is 0.182. The monoisotopic (exact) mass is 357 g/mol. The van der Waals surface area contributed by atoms with Crippen molar-refractivity contribution in [1.29, 1.82) is 0 Å². The maximum absolute atomic E-state index is 13.5. The number of anilines is 1. The third kappa shape index (κ3) is 2.82. The van der Waals surface area contributed by atoms with Gasteiger partial charge in [-0.15, -0.1) is 0 Å². The lowest BCUT2D eigenvalue weighted by molar-refractivity contribution is 0.315. The Morgan fingerprint density at radius 3 is 2.74 bits per heavy atom. The summed E-state index contributed by atoms with van der Waals surface area (Å²) in [7, 11) is -2.45. The Morgan fingerprint density at radius 2 is 2.04 bits per heavy atom. The summed E-state index contributed by atoms with van der Waals surface area (Å²) in [6, 6.07) is 7.95. The van der Waals surface area contributed by atoms with Crippen LogP contribution in [0.4, 0.5) is 10.1 Å². The normalized spacial score (nSPS) is 14.1. The molecule has 3 rings (SSSR count). The maximum atomic E-state index is 13.5. The highest BCUT2D eigenvalue weighted by Gasteiger charge is 2.31. The molecule has 0 fully saturated rings. The van der Waals surface area contributed by atoms with E-state index in [1.165, 1.54) is 37.4 Å². The van der Waals surface area contributed by atoms with Gasteiger partial charge >= 0.3 is 0 Å².